The van der Waals surface area contributed by atoms with Crippen LogP contribution < -0.4 is 5.32 Å². The molecule has 0 bridgehead atoms. The molecule has 100 valence electrons. The largest absolute Gasteiger partial charge is 0.382 e. The molecule has 0 fully saturated rings. The molecule has 0 spiro atoms. The van der Waals surface area contributed by atoms with Crippen molar-refractivity contribution < 1.29 is 0 Å². The second-order valence-electron chi connectivity index (χ2n) is 5.33. The molecule has 1 heterocycles. The van der Waals surface area contributed by atoms with E-state index in [1.165, 1.54) is 11.1 Å². The molecule has 1 aliphatic carbocycles. The fourth-order valence-electron chi connectivity index (χ4n) is 2.95. The Balaban J connectivity index is 1.55. The molecule has 4 heteroatoms. The summed E-state index contributed by atoms with van der Waals surface area (Å²) >= 11 is 6.05. The number of hydrogen-bond acceptors (Lipinski definition) is 2. The Morgan fingerprint density at radius 1 is 1.10 bits per heavy atom. The number of nitrogens with one attached hydrogen (secondary N) is 2. The van der Waals surface area contributed by atoms with Crippen LogP contribution in [-0.4, -0.2) is 16.2 Å². The van der Waals surface area contributed by atoms with Crippen LogP contribution >= 0.6 is 11.6 Å². The van der Waals surface area contributed by atoms with E-state index in [1.54, 1.807) is 0 Å². The van der Waals surface area contributed by atoms with Gasteiger partial charge in [-0.05, 0) is 54.3 Å². The topological polar surface area (TPSA) is 40.7 Å². The molecule has 1 atom stereocenters. The summed E-state index contributed by atoms with van der Waals surface area (Å²) in [5.41, 5.74) is 4.95. The van der Waals surface area contributed by atoms with Crippen molar-refractivity contribution in [2.75, 3.05) is 5.32 Å². The maximum absolute atomic E-state index is 6.05. The van der Waals surface area contributed by atoms with E-state index in [0.29, 0.717) is 6.04 Å². The highest BCUT2D eigenvalue weighted by Gasteiger charge is 2.21. The van der Waals surface area contributed by atoms with Gasteiger partial charge in [-0.15, -0.1) is 0 Å². The minimum Gasteiger partial charge on any atom is -0.382 e. The van der Waals surface area contributed by atoms with Gasteiger partial charge < -0.3 is 5.32 Å². The van der Waals surface area contributed by atoms with Gasteiger partial charge in [-0.2, -0.15) is 5.10 Å². The highest BCUT2D eigenvalue weighted by Crippen LogP contribution is 2.27. The van der Waals surface area contributed by atoms with Crippen molar-refractivity contribution >= 4 is 28.2 Å². The van der Waals surface area contributed by atoms with Crippen LogP contribution in [0, 0.1) is 0 Å². The highest BCUT2D eigenvalue weighted by atomic mass is 35.5. The maximum atomic E-state index is 6.05. The zero-order valence-corrected chi connectivity index (χ0v) is 11.6. The van der Waals surface area contributed by atoms with Gasteiger partial charge in [0.25, 0.3) is 0 Å². The van der Waals surface area contributed by atoms with Crippen LogP contribution in [0.2, 0.25) is 5.02 Å². The summed E-state index contributed by atoms with van der Waals surface area (Å²) in [6.45, 7) is 0. The molecule has 0 saturated carbocycles. The number of anilines is 1. The summed E-state index contributed by atoms with van der Waals surface area (Å²) < 4.78 is 0. The van der Waals surface area contributed by atoms with Crippen molar-refractivity contribution in [3.05, 3.63) is 58.7 Å². The molecule has 0 radical (unpaired) electrons. The predicted molar refractivity (Wildman–Crippen MR) is 82.4 cm³/mol. The zero-order valence-electron chi connectivity index (χ0n) is 10.9. The van der Waals surface area contributed by atoms with Gasteiger partial charge in [0.1, 0.15) is 0 Å². The first-order valence-corrected chi connectivity index (χ1v) is 7.13. The van der Waals surface area contributed by atoms with Gasteiger partial charge in [0.2, 0.25) is 0 Å². The van der Waals surface area contributed by atoms with Gasteiger partial charge in [0, 0.05) is 22.1 Å². The van der Waals surface area contributed by atoms with Crippen molar-refractivity contribution in [1.29, 1.82) is 0 Å². The van der Waals surface area contributed by atoms with Gasteiger partial charge in [-0.3, -0.25) is 5.10 Å². The normalized spacial score (nSPS) is 17.4. The zero-order chi connectivity index (χ0) is 13.5. The summed E-state index contributed by atoms with van der Waals surface area (Å²) in [4.78, 5) is 0. The molecular formula is C16H14ClN3. The fraction of sp³-hybridized carbons (Fsp3) is 0.188. The lowest BCUT2D eigenvalue weighted by atomic mass is 10.1. The smallest absolute Gasteiger partial charge is 0.0670 e. The van der Waals surface area contributed by atoms with Crippen molar-refractivity contribution in [3.8, 4) is 0 Å². The lowest BCUT2D eigenvalue weighted by molar-refractivity contribution is 0.774. The monoisotopic (exact) mass is 283 g/mol. The van der Waals surface area contributed by atoms with Crippen LogP contribution in [0.25, 0.3) is 10.9 Å². The minimum absolute atomic E-state index is 0.434. The molecule has 2 N–H and O–H groups in total. The first-order chi connectivity index (χ1) is 9.78. The van der Waals surface area contributed by atoms with Gasteiger partial charge >= 0.3 is 0 Å². The summed E-state index contributed by atoms with van der Waals surface area (Å²) in [5.74, 6) is 0. The van der Waals surface area contributed by atoms with E-state index in [-0.39, 0.29) is 0 Å². The third-order valence-electron chi connectivity index (χ3n) is 3.91. The molecule has 0 saturated heterocycles. The first kappa shape index (κ1) is 11.8. The molecule has 1 unspecified atom stereocenters. The first-order valence-electron chi connectivity index (χ1n) is 6.75. The number of rotatable bonds is 2. The van der Waals surface area contributed by atoms with Crippen molar-refractivity contribution in [1.82, 2.24) is 10.2 Å². The average Bonchev–Trinajstić information content (AvgIpc) is 3.03. The van der Waals surface area contributed by atoms with E-state index in [2.05, 4.69) is 45.8 Å². The molecule has 0 aliphatic heterocycles. The predicted octanol–water partition coefficient (Wildman–Crippen LogP) is 3.80. The van der Waals surface area contributed by atoms with Crippen LogP contribution in [0.3, 0.4) is 0 Å². The standard InChI is InChI=1S/C16H14ClN3/c17-13-3-1-10-6-15(7-12(10)5-13)19-14-4-2-11-9-18-20-16(11)8-14/h1-5,8-9,15,19H,6-7H2,(H,18,20). The summed E-state index contributed by atoms with van der Waals surface area (Å²) in [6.07, 6.45) is 3.91. The number of nitrogens with zero attached hydrogens (tertiary/aromatic N) is 1. The molecule has 20 heavy (non-hydrogen) atoms. The molecule has 1 aromatic heterocycles. The Morgan fingerprint density at radius 2 is 2.00 bits per heavy atom. The van der Waals surface area contributed by atoms with Gasteiger partial charge in [-0.25, -0.2) is 0 Å². The van der Waals surface area contributed by atoms with E-state index >= 15 is 0 Å². The minimum atomic E-state index is 0.434. The van der Waals surface area contributed by atoms with Gasteiger partial charge in [0.15, 0.2) is 0 Å². The Bertz CT molecular complexity index is 778. The quantitative estimate of drug-likeness (QED) is 0.751. The van der Waals surface area contributed by atoms with E-state index in [1.807, 2.05) is 12.3 Å². The molecule has 2 aromatic carbocycles. The van der Waals surface area contributed by atoms with Gasteiger partial charge in [0.05, 0.1) is 11.7 Å². The van der Waals surface area contributed by atoms with Crippen LogP contribution in [-0.2, 0) is 12.8 Å². The third kappa shape index (κ3) is 2.04. The van der Waals surface area contributed by atoms with Gasteiger partial charge in [-0.1, -0.05) is 17.7 Å². The molecule has 3 aromatic rings. The number of H-pyrrole nitrogens is 1. The number of hydrogen-bond donors (Lipinski definition) is 2. The molecular weight excluding hydrogens is 270 g/mol. The molecule has 1 aliphatic rings. The van der Waals surface area contributed by atoms with Crippen LogP contribution in [0.4, 0.5) is 5.69 Å². The summed E-state index contributed by atoms with van der Waals surface area (Å²) in [7, 11) is 0. The third-order valence-corrected chi connectivity index (χ3v) is 4.15. The van der Waals surface area contributed by atoms with E-state index in [0.717, 1.165) is 34.5 Å². The van der Waals surface area contributed by atoms with E-state index in [4.69, 9.17) is 11.6 Å². The van der Waals surface area contributed by atoms with Crippen molar-refractivity contribution in [2.45, 2.75) is 18.9 Å². The number of aromatic nitrogens is 2. The van der Waals surface area contributed by atoms with Crippen LogP contribution in [0.1, 0.15) is 11.1 Å². The number of aromatic amines is 1. The SMILES string of the molecule is Clc1ccc2c(c1)CC(Nc1ccc3cn[nH]c3c1)C2. The Morgan fingerprint density at radius 3 is 2.95 bits per heavy atom. The second-order valence-corrected chi connectivity index (χ2v) is 5.77. The summed E-state index contributed by atoms with van der Waals surface area (Å²) in [6, 6.07) is 12.9. The molecule has 3 nitrogen and oxygen atoms in total. The van der Waals surface area contributed by atoms with Crippen molar-refractivity contribution in [3.63, 3.8) is 0 Å². The Kier molecular flexibility index (Phi) is 2.67. The average molecular weight is 284 g/mol. The number of fused-ring (bicyclic) bond motifs is 2. The molecule has 4 rings (SSSR count). The number of benzene rings is 2. The van der Waals surface area contributed by atoms with E-state index < -0.39 is 0 Å². The molecule has 0 amide bonds. The van der Waals surface area contributed by atoms with E-state index in [9.17, 15) is 0 Å². The van der Waals surface area contributed by atoms with Crippen molar-refractivity contribution in [2.24, 2.45) is 0 Å². The Labute approximate surface area is 122 Å². The van der Waals surface area contributed by atoms with Crippen LogP contribution in [0.5, 0.6) is 0 Å². The maximum Gasteiger partial charge on any atom is 0.0670 e. The fourth-order valence-corrected chi connectivity index (χ4v) is 3.15. The highest BCUT2D eigenvalue weighted by molar-refractivity contribution is 6.30. The lowest BCUT2D eigenvalue weighted by Gasteiger charge is -2.13. The summed E-state index contributed by atoms with van der Waals surface area (Å²) in [5, 5.41) is 12.6. The number of halogens is 1. The second kappa shape index (κ2) is 4.53. The van der Waals surface area contributed by atoms with Crippen LogP contribution in [0.15, 0.2) is 42.6 Å². The lowest BCUT2D eigenvalue weighted by Crippen LogP contribution is -2.19. The Hall–Kier alpha value is -2.00.